The van der Waals surface area contributed by atoms with E-state index in [4.69, 9.17) is 0 Å². The summed E-state index contributed by atoms with van der Waals surface area (Å²) in [5, 5.41) is 0. The quantitative estimate of drug-likeness (QED) is 0.396. The van der Waals surface area contributed by atoms with Crippen molar-refractivity contribution < 1.29 is 0 Å². The fourth-order valence-corrected chi connectivity index (χ4v) is 9.30. The van der Waals surface area contributed by atoms with Crippen LogP contribution in [0.3, 0.4) is 0 Å². The minimum atomic E-state index is 0.357. The smallest absolute Gasteiger partial charge is 0.00426 e. The van der Waals surface area contributed by atoms with Crippen LogP contribution in [-0.4, -0.2) is 0 Å². The van der Waals surface area contributed by atoms with Crippen LogP contribution in [0.5, 0.6) is 0 Å². The lowest BCUT2D eigenvalue weighted by Gasteiger charge is -2.60. The molecule has 0 N–H and O–H groups in total. The van der Waals surface area contributed by atoms with Gasteiger partial charge in [-0.3, -0.25) is 0 Å². The molecule has 0 amide bonds. The first-order valence-electron chi connectivity index (χ1n) is 13.4. The Kier molecular flexibility index (Phi) is 5.68. The number of fused-ring (bicyclic) bond motifs is 4. The zero-order valence-corrected chi connectivity index (χ0v) is 21.5. The minimum absolute atomic E-state index is 0.357. The van der Waals surface area contributed by atoms with Crippen molar-refractivity contribution in [3.63, 3.8) is 0 Å². The zero-order chi connectivity index (χ0) is 21.9. The van der Waals surface area contributed by atoms with Gasteiger partial charge in [-0.15, -0.1) is 0 Å². The van der Waals surface area contributed by atoms with Gasteiger partial charge in [-0.25, -0.2) is 0 Å². The highest BCUT2D eigenvalue weighted by atomic mass is 14.7. The van der Waals surface area contributed by atoms with Gasteiger partial charge in [-0.05, 0) is 90.3 Å². The van der Waals surface area contributed by atoms with Gasteiger partial charge in [-0.2, -0.15) is 0 Å². The van der Waals surface area contributed by atoms with Crippen LogP contribution in [0.1, 0.15) is 120 Å². The summed E-state index contributed by atoms with van der Waals surface area (Å²) in [6.07, 6.45) is 19.1. The lowest BCUT2D eigenvalue weighted by molar-refractivity contribution is 0.0115. The molecule has 30 heavy (non-hydrogen) atoms. The summed E-state index contributed by atoms with van der Waals surface area (Å²) in [5.74, 6) is 3.50. The Morgan fingerprint density at radius 2 is 1.63 bits per heavy atom. The normalized spacial score (nSPS) is 43.4. The number of allylic oxidation sites excluding steroid dienone is 4. The Hall–Kier alpha value is -0.520. The van der Waals surface area contributed by atoms with Crippen LogP contribution in [0.2, 0.25) is 0 Å². The van der Waals surface area contributed by atoms with Crippen LogP contribution in [0.15, 0.2) is 23.3 Å². The van der Waals surface area contributed by atoms with Gasteiger partial charge in [0.1, 0.15) is 0 Å². The largest absolute Gasteiger partial charge is 0.0871 e. The predicted octanol–water partition coefficient (Wildman–Crippen LogP) is 9.36. The SMILES string of the molecule is CC(C)CCC[C@@H](C)[C@H]1CC[C@@]2(C)C3=C(CC[C@]12C)[C@@]1(C)CC=CC(C)(C)[C@@H]1CC3. The Morgan fingerprint density at radius 3 is 2.33 bits per heavy atom. The molecule has 4 rings (SSSR count). The van der Waals surface area contributed by atoms with E-state index in [0.717, 1.165) is 23.7 Å². The molecule has 4 aliphatic carbocycles. The first kappa shape index (κ1) is 22.7. The van der Waals surface area contributed by atoms with Crippen LogP contribution >= 0.6 is 0 Å². The van der Waals surface area contributed by atoms with Crippen molar-refractivity contribution >= 4 is 0 Å². The molecule has 0 unspecified atom stereocenters. The maximum Gasteiger partial charge on any atom is -0.00426 e. The van der Waals surface area contributed by atoms with Crippen molar-refractivity contribution in [2.24, 2.45) is 45.3 Å². The maximum atomic E-state index is 2.71. The Balaban J connectivity index is 1.63. The zero-order valence-electron chi connectivity index (χ0n) is 21.5. The standard InChI is InChI=1S/C30H50/c1-21(2)11-9-12-22(3)23-15-19-30(8)25-13-14-26-27(4,5)17-10-18-28(26,6)24(25)16-20-29(23,30)7/h10,17,21-23,26H,9,11-16,18-20H2,1-8H3/t22-,23-,26+,28-,29-,30+/m1/s1. The number of hydrogen-bond acceptors (Lipinski definition) is 0. The van der Waals surface area contributed by atoms with Crippen molar-refractivity contribution in [2.45, 2.75) is 120 Å². The van der Waals surface area contributed by atoms with Crippen molar-refractivity contribution in [2.75, 3.05) is 0 Å². The molecule has 0 heteroatoms. The summed E-state index contributed by atoms with van der Waals surface area (Å²) < 4.78 is 0. The van der Waals surface area contributed by atoms with E-state index in [1.165, 1.54) is 64.2 Å². The highest BCUT2D eigenvalue weighted by Gasteiger charge is 2.62. The second-order valence-corrected chi connectivity index (χ2v) is 13.6. The molecule has 0 aliphatic heterocycles. The molecule has 4 aliphatic rings. The molecular formula is C30H50. The molecule has 170 valence electrons. The van der Waals surface area contributed by atoms with Gasteiger partial charge in [0.25, 0.3) is 0 Å². The monoisotopic (exact) mass is 410 g/mol. The van der Waals surface area contributed by atoms with Gasteiger partial charge < -0.3 is 0 Å². The molecule has 0 saturated heterocycles. The summed E-state index contributed by atoms with van der Waals surface area (Å²) in [6, 6.07) is 0. The van der Waals surface area contributed by atoms with Crippen LogP contribution < -0.4 is 0 Å². The number of hydrogen-bond donors (Lipinski definition) is 0. The van der Waals surface area contributed by atoms with E-state index in [1.54, 1.807) is 0 Å². The molecule has 6 atom stereocenters. The third-order valence-electron chi connectivity index (χ3n) is 11.2. The summed E-state index contributed by atoms with van der Waals surface area (Å²) in [5.41, 5.74) is 5.61. The molecule has 0 aromatic carbocycles. The van der Waals surface area contributed by atoms with Gasteiger partial charge in [0.05, 0.1) is 0 Å². The summed E-state index contributed by atoms with van der Waals surface area (Å²) in [6.45, 7) is 20.4. The summed E-state index contributed by atoms with van der Waals surface area (Å²) in [7, 11) is 0. The number of rotatable bonds is 5. The predicted molar refractivity (Wildman–Crippen MR) is 131 cm³/mol. The first-order chi connectivity index (χ1) is 14.0. The third-order valence-corrected chi connectivity index (χ3v) is 11.2. The average molecular weight is 411 g/mol. The highest BCUT2D eigenvalue weighted by molar-refractivity contribution is 5.39. The molecule has 0 aromatic rings. The van der Waals surface area contributed by atoms with Gasteiger partial charge in [0.15, 0.2) is 0 Å². The van der Waals surface area contributed by atoms with E-state index in [0.29, 0.717) is 21.7 Å². The topological polar surface area (TPSA) is 0 Å². The molecule has 0 radical (unpaired) electrons. The Labute approximate surface area is 188 Å². The van der Waals surface area contributed by atoms with Crippen LogP contribution in [-0.2, 0) is 0 Å². The van der Waals surface area contributed by atoms with Crippen LogP contribution in [0.25, 0.3) is 0 Å². The van der Waals surface area contributed by atoms with Gasteiger partial charge in [-0.1, -0.05) is 98.0 Å². The van der Waals surface area contributed by atoms with Crippen LogP contribution in [0, 0.1) is 45.3 Å². The van der Waals surface area contributed by atoms with E-state index in [-0.39, 0.29) is 0 Å². The van der Waals surface area contributed by atoms with Crippen molar-refractivity contribution in [1.82, 2.24) is 0 Å². The summed E-state index contributed by atoms with van der Waals surface area (Å²) >= 11 is 0. The molecule has 0 nitrogen and oxygen atoms in total. The molecule has 1 fully saturated rings. The molecule has 0 bridgehead atoms. The van der Waals surface area contributed by atoms with E-state index in [1.807, 2.05) is 11.1 Å². The molecular weight excluding hydrogens is 360 g/mol. The minimum Gasteiger partial charge on any atom is -0.0871 e. The molecule has 0 spiro atoms. The van der Waals surface area contributed by atoms with Crippen molar-refractivity contribution in [3.8, 4) is 0 Å². The fraction of sp³-hybridized carbons (Fsp3) is 0.867. The fourth-order valence-electron chi connectivity index (χ4n) is 9.30. The molecule has 1 saturated carbocycles. The average Bonchev–Trinajstić information content (AvgIpc) is 2.92. The summed E-state index contributed by atoms with van der Waals surface area (Å²) in [4.78, 5) is 0. The van der Waals surface area contributed by atoms with Gasteiger partial charge in [0, 0.05) is 0 Å². The van der Waals surface area contributed by atoms with Crippen molar-refractivity contribution in [3.05, 3.63) is 23.3 Å². The third kappa shape index (κ3) is 3.21. The van der Waals surface area contributed by atoms with Gasteiger partial charge in [0.2, 0.25) is 0 Å². The lowest BCUT2D eigenvalue weighted by Crippen LogP contribution is -2.50. The van der Waals surface area contributed by atoms with Crippen molar-refractivity contribution in [1.29, 1.82) is 0 Å². The van der Waals surface area contributed by atoms with Gasteiger partial charge >= 0.3 is 0 Å². The van der Waals surface area contributed by atoms with E-state index < -0.39 is 0 Å². The first-order valence-corrected chi connectivity index (χ1v) is 13.4. The second kappa shape index (κ2) is 7.52. The highest BCUT2D eigenvalue weighted by Crippen LogP contribution is 2.72. The second-order valence-electron chi connectivity index (χ2n) is 13.6. The van der Waals surface area contributed by atoms with E-state index in [9.17, 15) is 0 Å². The Bertz CT molecular complexity index is 720. The van der Waals surface area contributed by atoms with E-state index in [2.05, 4.69) is 67.5 Å². The Morgan fingerprint density at radius 1 is 0.900 bits per heavy atom. The lowest BCUT2D eigenvalue weighted by atomic mass is 9.44. The molecule has 0 heterocycles. The molecule has 0 aromatic heterocycles. The van der Waals surface area contributed by atoms with E-state index >= 15 is 0 Å². The van der Waals surface area contributed by atoms with Crippen LogP contribution in [0.4, 0.5) is 0 Å². The maximum absolute atomic E-state index is 2.71.